The third kappa shape index (κ3) is 3.16. The van der Waals surface area contributed by atoms with Crippen molar-refractivity contribution in [1.82, 2.24) is 10.6 Å². The predicted molar refractivity (Wildman–Crippen MR) is 93.3 cm³/mol. The molecule has 0 bridgehead atoms. The zero-order chi connectivity index (χ0) is 15.5. The molecule has 23 heavy (non-hydrogen) atoms. The topological polar surface area (TPSA) is 37.2 Å². The summed E-state index contributed by atoms with van der Waals surface area (Å²) in [5.41, 5.74) is 2.32. The highest BCUT2D eigenvalue weighted by atomic mass is 16.3. The summed E-state index contributed by atoms with van der Waals surface area (Å²) in [6, 6.07) is 21.8. The highest BCUT2D eigenvalue weighted by molar-refractivity contribution is 5.77. The Balaban J connectivity index is 1.47. The number of hydrogen-bond acceptors (Lipinski definition) is 3. The molecule has 0 saturated carbocycles. The highest BCUT2D eigenvalue weighted by Gasteiger charge is 2.25. The molecule has 2 unspecified atom stereocenters. The number of hydrogen-bond donors (Lipinski definition) is 2. The first-order valence-corrected chi connectivity index (χ1v) is 8.39. The molecule has 2 N–H and O–H groups in total. The Hall–Kier alpha value is -2.10. The van der Waals surface area contributed by atoms with E-state index in [2.05, 4.69) is 53.1 Å². The van der Waals surface area contributed by atoms with E-state index in [-0.39, 0.29) is 0 Å². The molecule has 2 heterocycles. The van der Waals surface area contributed by atoms with Crippen LogP contribution in [0.4, 0.5) is 0 Å². The molecule has 0 aliphatic carbocycles. The molecule has 0 radical (unpaired) electrons. The lowest BCUT2D eigenvalue weighted by atomic mass is 9.92. The van der Waals surface area contributed by atoms with E-state index in [4.69, 9.17) is 4.42 Å². The number of furan rings is 1. The molecule has 2 atom stereocenters. The van der Waals surface area contributed by atoms with Gasteiger partial charge >= 0.3 is 0 Å². The van der Waals surface area contributed by atoms with Crippen molar-refractivity contribution in [1.29, 1.82) is 0 Å². The molecule has 1 aromatic heterocycles. The van der Waals surface area contributed by atoms with E-state index >= 15 is 0 Å². The first-order chi connectivity index (χ1) is 11.4. The van der Waals surface area contributed by atoms with Crippen molar-refractivity contribution in [2.45, 2.75) is 31.5 Å². The number of benzene rings is 2. The van der Waals surface area contributed by atoms with Gasteiger partial charge in [-0.2, -0.15) is 0 Å². The summed E-state index contributed by atoms with van der Waals surface area (Å²) >= 11 is 0. The molecule has 1 aliphatic heterocycles. The van der Waals surface area contributed by atoms with Crippen LogP contribution in [0.15, 0.2) is 65.1 Å². The first-order valence-electron chi connectivity index (χ1n) is 8.39. The van der Waals surface area contributed by atoms with Crippen LogP contribution in [0.3, 0.4) is 0 Å². The van der Waals surface area contributed by atoms with Crippen LogP contribution in [0.2, 0.25) is 0 Å². The number of para-hydroxylation sites is 1. The second-order valence-electron chi connectivity index (χ2n) is 6.22. The lowest BCUT2D eigenvalue weighted by Crippen LogP contribution is -2.45. The van der Waals surface area contributed by atoms with Gasteiger partial charge in [-0.05, 0) is 37.1 Å². The van der Waals surface area contributed by atoms with Crippen LogP contribution in [0.1, 0.15) is 30.2 Å². The van der Waals surface area contributed by atoms with Crippen molar-refractivity contribution in [2.75, 3.05) is 6.54 Å². The van der Waals surface area contributed by atoms with Crippen molar-refractivity contribution >= 4 is 11.0 Å². The second-order valence-corrected chi connectivity index (χ2v) is 6.22. The summed E-state index contributed by atoms with van der Waals surface area (Å²) < 4.78 is 5.92. The molecule has 118 valence electrons. The maximum absolute atomic E-state index is 5.92. The van der Waals surface area contributed by atoms with Crippen LogP contribution in [-0.2, 0) is 6.54 Å². The number of nitrogens with one attached hydrogen (secondary N) is 2. The fourth-order valence-electron chi connectivity index (χ4n) is 3.47. The van der Waals surface area contributed by atoms with Gasteiger partial charge in [-0.3, -0.25) is 0 Å². The van der Waals surface area contributed by atoms with Crippen molar-refractivity contribution in [3.05, 3.63) is 72.0 Å². The maximum atomic E-state index is 5.92. The Bertz CT molecular complexity index is 732. The Morgan fingerprint density at radius 1 is 1.04 bits per heavy atom. The van der Waals surface area contributed by atoms with Gasteiger partial charge in [0.25, 0.3) is 0 Å². The van der Waals surface area contributed by atoms with E-state index in [0.29, 0.717) is 12.1 Å². The maximum Gasteiger partial charge on any atom is 0.134 e. The van der Waals surface area contributed by atoms with E-state index in [9.17, 15) is 0 Å². The lowest BCUT2D eigenvalue weighted by molar-refractivity contribution is 0.298. The van der Waals surface area contributed by atoms with Crippen molar-refractivity contribution in [2.24, 2.45) is 0 Å². The fraction of sp³-hybridized carbons (Fsp3) is 0.300. The molecule has 3 nitrogen and oxygen atoms in total. The summed E-state index contributed by atoms with van der Waals surface area (Å²) in [6.07, 6.45) is 2.40. The van der Waals surface area contributed by atoms with Crippen LogP contribution in [0.5, 0.6) is 0 Å². The number of fused-ring (bicyclic) bond motifs is 1. The van der Waals surface area contributed by atoms with Gasteiger partial charge in [-0.25, -0.2) is 0 Å². The third-order valence-electron chi connectivity index (χ3n) is 4.63. The Morgan fingerprint density at radius 2 is 1.87 bits per heavy atom. The van der Waals surface area contributed by atoms with Gasteiger partial charge in [0.05, 0.1) is 6.54 Å². The summed E-state index contributed by atoms with van der Waals surface area (Å²) in [5, 5.41) is 8.52. The monoisotopic (exact) mass is 306 g/mol. The minimum atomic E-state index is 0.370. The zero-order valence-electron chi connectivity index (χ0n) is 13.2. The molecule has 1 saturated heterocycles. The fourth-order valence-corrected chi connectivity index (χ4v) is 3.47. The first kappa shape index (κ1) is 14.5. The smallest absolute Gasteiger partial charge is 0.134 e. The van der Waals surface area contributed by atoms with Gasteiger partial charge in [-0.1, -0.05) is 48.5 Å². The van der Waals surface area contributed by atoms with Gasteiger partial charge in [0.2, 0.25) is 0 Å². The molecule has 2 aromatic carbocycles. The minimum absolute atomic E-state index is 0.370. The van der Waals surface area contributed by atoms with Crippen LogP contribution in [-0.4, -0.2) is 12.6 Å². The van der Waals surface area contributed by atoms with Crippen molar-refractivity contribution in [3.8, 4) is 0 Å². The van der Waals surface area contributed by atoms with Gasteiger partial charge in [0, 0.05) is 17.5 Å². The van der Waals surface area contributed by atoms with Crippen LogP contribution < -0.4 is 10.6 Å². The van der Waals surface area contributed by atoms with Gasteiger partial charge in [0.15, 0.2) is 0 Å². The van der Waals surface area contributed by atoms with E-state index in [1.807, 2.05) is 18.2 Å². The predicted octanol–water partition coefficient (Wildman–Crippen LogP) is 4.02. The van der Waals surface area contributed by atoms with Crippen molar-refractivity contribution in [3.63, 3.8) is 0 Å². The average Bonchev–Trinajstić information content (AvgIpc) is 3.04. The van der Waals surface area contributed by atoms with Crippen LogP contribution in [0, 0.1) is 0 Å². The van der Waals surface area contributed by atoms with E-state index < -0.39 is 0 Å². The molecule has 0 spiro atoms. The molecular formula is C20H22N2O. The van der Waals surface area contributed by atoms with Gasteiger partial charge in [0.1, 0.15) is 11.3 Å². The quantitative estimate of drug-likeness (QED) is 0.764. The van der Waals surface area contributed by atoms with E-state index in [0.717, 1.165) is 24.4 Å². The molecule has 4 rings (SSSR count). The molecule has 1 aliphatic rings. The van der Waals surface area contributed by atoms with Gasteiger partial charge < -0.3 is 15.1 Å². The summed E-state index contributed by atoms with van der Waals surface area (Å²) in [6.45, 7) is 1.85. The van der Waals surface area contributed by atoms with E-state index in [1.54, 1.807) is 0 Å². The Morgan fingerprint density at radius 3 is 2.74 bits per heavy atom. The van der Waals surface area contributed by atoms with E-state index in [1.165, 1.54) is 23.8 Å². The highest BCUT2D eigenvalue weighted by Crippen LogP contribution is 2.24. The van der Waals surface area contributed by atoms with Crippen LogP contribution >= 0.6 is 0 Å². The number of rotatable bonds is 4. The Labute approximate surface area is 136 Å². The molecule has 0 amide bonds. The zero-order valence-corrected chi connectivity index (χ0v) is 13.2. The normalized spacial score (nSPS) is 21.6. The average molecular weight is 306 g/mol. The number of piperidine rings is 1. The van der Waals surface area contributed by atoms with Crippen molar-refractivity contribution < 1.29 is 4.42 Å². The summed E-state index contributed by atoms with van der Waals surface area (Å²) in [7, 11) is 0. The van der Waals surface area contributed by atoms with Crippen LogP contribution in [0.25, 0.3) is 11.0 Å². The lowest BCUT2D eigenvalue weighted by Gasteiger charge is -2.33. The third-order valence-corrected chi connectivity index (χ3v) is 4.63. The molecule has 3 heteroatoms. The summed E-state index contributed by atoms with van der Waals surface area (Å²) in [4.78, 5) is 0. The largest absolute Gasteiger partial charge is 0.460 e. The molecule has 1 fully saturated rings. The van der Waals surface area contributed by atoms with Gasteiger partial charge in [-0.15, -0.1) is 0 Å². The standard InChI is InChI=1S/C20H22N2O/c1-2-7-15(8-3-1)20-18(10-6-12-21-20)22-14-17-13-16-9-4-5-11-19(16)23-17/h1-5,7-9,11,13,18,20-22H,6,10,12,14H2. The molecule has 3 aromatic rings. The SMILES string of the molecule is c1ccc(C2NCCCC2NCc2cc3ccccc3o2)cc1. The summed E-state index contributed by atoms with van der Waals surface area (Å²) in [5.74, 6) is 1.00. The minimum Gasteiger partial charge on any atom is -0.460 e. The molecular weight excluding hydrogens is 284 g/mol. The second kappa shape index (κ2) is 6.57. The Kier molecular flexibility index (Phi) is 4.14.